The molecule has 0 radical (unpaired) electrons. The minimum Gasteiger partial charge on any atom is -0.366 e. The first-order valence-corrected chi connectivity index (χ1v) is 11.1. The molecule has 1 aliphatic rings. The molecule has 3 rings (SSSR count). The van der Waals surface area contributed by atoms with Crippen LogP contribution in [0.1, 0.15) is 29.8 Å². The van der Waals surface area contributed by atoms with Crippen molar-refractivity contribution >= 4 is 52.1 Å². The topological polar surface area (TPSA) is 64.7 Å². The second kappa shape index (κ2) is 10.1. The zero-order valence-corrected chi connectivity index (χ0v) is 19.5. The van der Waals surface area contributed by atoms with Gasteiger partial charge >= 0.3 is 0 Å². The third-order valence-corrected chi connectivity index (χ3v) is 5.58. The van der Waals surface area contributed by atoms with Gasteiger partial charge in [-0.1, -0.05) is 43.1 Å². The van der Waals surface area contributed by atoms with Crippen LogP contribution in [0.15, 0.2) is 42.5 Å². The van der Waals surface area contributed by atoms with Crippen LogP contribution in [0.3, 0.4) is 0 Å². The Morgan fingerprint density at radius 1 is 1.06 bits per heavy atom. The Labute approximate surface area is 193 Å². The van der Waals surface area contributed by atoms with Crippen molar-refractivity contribution in [2.75, 3.05) is 36.4 Å². The molecule has 0 aliphatic carbocycles. The standard InChI is InChI=1S/C23H27ClN4O2S/c1-15(2)22(30)28-11-9-27(10-12-28)20-8-7-18(24)14-19(20)25-23(31)26-21(29)17-6-4-5-16(3)13-17/h4-8,13-15H,9-12H2,1-3H3,(H2,25,26,29,31). The van der Waals surface area contributed by atoms with E-state index in [0.29, 0.717) is 42.5 Å². The number of halogens is 1. The maximum atomic E-state index is 12.5. The lowest BCUT2D eigenvalue weighted by atomic mass is 10.1. The van der Waals surface area contributed by atoms with Crippen molar-refractivity contribution in [3.63, 3.8) is 0 Å². The van der Waals surface area contributed by atoms with Crippen LogP contribution in [0.5, 0.6) is 0 Å². The summed E-state index contributed by atoms with van der Waals surface area (Å²) in [7, 11) is 0. The van der Waals surface area contributed by atoms with E-state index < -0.39 is 0 Å². The summed E-state index contributed by atoms with van der Waals surface area (Å²) in [6.45, 7) is 8.50. The quantitative estimate of drug-likeness (QED) is 0.676. The van der Waals surface area contributed by atoms with E-state index in [1.807, 2.05) is 49.9 Å². The molecule has 1 saturated heterocycles. The zero-order chi connectivity index (χ0) is 22.5. The van der Waals surface area contributed by atoms with Gasteiger partial charge in [0.15, 0.2) is 5.11 Å². The molecule has 0 spiro atoms. The molecule has 0 atom stereocenters. The third-order valence-electron chi connectivity index (χ3n) is 5.14. The van der Waals surface area contributed by atoms with Crippen molar-refractivity contribution in [2.24, 2.45) is 5.92 Å². The molecule has 0 saturated carbocycles. The van der Waals surface area contributed by atoms with Crippen molar-refractivity contribution < 1.29 is 9.59 Å². The van der Waals surface area contributed by atoms with Gasteiger partial charge in [0.05, 0.1) is 11.4 Å². The summed E-state index contributed by atoms with van der Waals surface area (Å²) < 4.78 is 0. The summed E-state index contributed by atoms with van der Waals surface area (Å²) in [5, 5.41) is 6.59. The van der Waals surface area contributed by atoms with Gasteiger partial charge in [-0.05, 0) is 49.5 Å². The van der Waals surface area contributed by atoms with Crippen molar-refractivity contribution in [1.82, 2.24) is 10.2 Å². The summed E-state index contributed by atoms with van der Waals surface area (Å²) in [5.41, 5.74) is 3.18. The van der Waals surface area contributed by atoms with Gasteiger partial charge in [-0.3, -0.25) is 14.9 Å². The van der Waals surface area contributed by atoms with Crippen LogP contribution in [0.4, 0.5) is 11.4 Å². The Balaban J connectivity index is 1.68. The second-order valence-corrected chi connectivity index (χ2v) is 8.75. The molecular weight excluding hydrogens is 432 g/mol. The summed E-state index contributed by atoms with van der Waals surface area (Å²) in [6, 6.07) is 12.8. The largest absolute Gasteiger partial charge is 0.366 e. The van der Waals surface area contributed by atoms with Crippen LogP contribution in [-0.4, -0.2) is 48.0 Å². The van der Waals surface area contributed by atoms with Crippen molar-refractivity contribution in [3.05, 3.63) is 58.6 Å². The highest BCUT2D eigenvalue weighted by atomic mass is 35.5. The molecule has 0 bridgehead atoms. The Bertz CT molecular complexity index is 987. The van der Waals surface area contributed by atoms with Crippen LogP contribution in [-0.2, 0) is 4.79 Å². The molecule has 31 heavy (non-hydrogen) atoms. The average molecular weight is 459 g/mol. The number of hydrogen-bond donors (Lipinski definition) is 2. The Morgan fingerprint density at radius 3 is 2.42 bits per heavy atom. The smallest absolute Gasteiger partial charge is 0.257 e. The summed E-state index contributed by atoms with van der Waals surface area (Å²) in [6.07, 6.45) is 0. The highest BCUT2D eigenvalue weighted by Gasteiger charge is 2.24. The molecule has 164 valence electrons. The number of carbonyl (C=O) groups is 2. The molecule has 1 aliphatic heterocycles. The number of benzene rings is 2. The number of thiocarbonyl (C=S) groups is 1. The number of aryl methyl sites for hydroxylation is 1. The molecule has 6 nitrogen and oxygen atoms in total. The Hall–Kier alpha value is -2.64. The fraction of sp³-hybridized carbons (Fsp3) is 0.348. The van der Waals surface area contributed by atoms with E-state index in [4.69, 9.17) is 23.8 Å². The lowest BCUT2D eigenvalue weighted by Crippen LogP contribution is -2.50. The normalized spacial score (nSPS) is 13.8. The monoisotopic (exact) mass is 458 g/mol. The fourth-order valence-electron chi connectivity index (χ4n) is 3.53. The van der Waals surface area contributed by atoms with Crippen LogP contribution >= 0.6 is 23.8 Å². The minimum atomic E-state index is -0.273. The van der Waals surface area contributed by atoms with E-state index in [2.05, 4.69) is 15.5 Å². The molecule has 2 amide bonds. The maximum absolute atomic E-state index is 12.5. The van der Waals surface area contributed by atoms with Gasteiger partial charge in [-0.15, -0.1) is 0 Å². The number of nitrogens with one attached hydrogen (secondary N) is 2. The van der Waals surface area contributed by atoms with Crippen molar-refractivity contribution in [3.8, 4) is 0 Å². The first-order chi connectivity index (χ1) is 14.7. The highest BCUT2D eigenvalue weighted by molar-refractivity contribution is 7.80. The number of piperazine rings is 1. The van der Waals surface area contributed by atoms with Gasteiger partial charge in [0.1, 0.15) is 0 Å². The predicted octanol–water partition coefficient (Wildman–Crippen LogP) is 4.08. The number of hydrogen-bond acceptors (Lipinski definition) is 4. The molecule has 1 fully saturated rings. The summed E-state index contributed by atoms with van der Waals surface area (Å²) in [5.74, 6) is -0.103. The predicted molar refractivity (Wildman–Crippen MR) is 130 cm³/mol. The van der Waals surface area contributed by atoms with E-state index in [-0.39, 0.29) is 22.8 Å². The minimum absolute atomic E-state index is 0.00584. The van der Waals surface area contributed by atoms with Gasteiger partial charge in [0.2, 0.25) is 5.91 Å². The van der Waals surface area contributed by atoms with Crippen molar-refractivity contribution in [2.45, 2.75) is 20.8 Å². The lowest BCUT2D eigenvalue weighted by molar-refractivity contribution is -0.134. The van der Waals surface area contributed by atoms with E-state index in [1.165, 1.54) is 0 Å². The van der Waals surface area contributed by atoms with Crippen LogP contribution in [0, 0.1) is 12.8 Å². The highest BCUT2D eigenvalue weighted by Crippen LogP contribution is 2.30. The van der Waals surface area contributed by atoms with Gasteiger partial charge < -0.3 is 15.1 Å². The van der Waals surface area contributed by atoms with Gasteiger partial charge in [-0.2, -0.15) is 0 Å². The summed E-state index contributed by atoms with van der Waals surface area (Å²) >= 11 is 11.6. The second-order valence-electron chi connectivity index (χ2n) is 7.91. The molecule has 0 unspecified atom stereocenters. The van der Waals surface area contributed by atoms with Crippen molar-refractivity contribution in [1.29, 1.82) is 0 Å². The molecule has 2 aromatic carbocycles. The zero-order valence-electron chi connectivity index (χ0n) is 17.9. The first kappa shape index (κ1) is 23.0. The molecule has 8 heteroatoms. The van der Waals surface area contributed by atoms with Crippen LogP contribution in [0.25, 0.3) is 0 Å². The van der Waals surface area contributed by atoms with E-state index in [1.54, 1.807) is 18.2 Å². The first-order valence-electron chi connectivity index (χ1n) is 10.3. The molecule has 0 aromatic heterocycles. The molecular formula is C23H27ClN4O2S. The SMILES string of the molecule is Cc1cccc(C(=O)NC(=S)Nc2cc(Cl)ccc2N2CCN(C(=O)C(C)C)CC2)c1. The van der Waals surface area contributed by atoms with Crippen LogP contribution < -0.4 is 15.5 Å². The maximum Gasteiger partial charge on any atom is 0.257 e. The van der Waals surface area contributed by atoms with E-state index in [0.717, 1.165) is 11.3 Å². The van der Waals surface area contributed by atoms with Gasteiger partial charge in [-0.25, -0.2) is 0 Å². The Kier molecular flexibility index (Phi) is 7.51. The van der Waals surface area contributed by atoms with Gasteiger partial charge in [0, 0.05) is 42.7 Å². The molecule has 2 aromatic rings. The third kappa shape index (κ3) is 5.95. The lowest BCUT2D eigenvalue weighted by Gasteiger charge is -2.37. The van der Waals surface area contributed by atoms with Gasteiger partial charge in [0.25, 0.3) is 5.91 Å². The average Bonchev–Trinajstić information content (AvgIpc) is 2.73. The number of rotatable bonds is 4. The molecule has 1 heterocycles. The van der Waals surface area contributed by atoms with E-state index >= 15 is 0 Å². The number of nitrogens with zero attached hydrogens (tertiary/aromatic N) is 2. The summed E-state index contributed by atoms with van der Waals surface area (Å²) in [4.78, 5) is 28.8. The fourth-order valence-corrected chi connectivity index (χ4v) is 3.91. The Morgan fingerprint density at radius 2 is 1.77 bits per heavy atom. The van der Waals surface area contributed by atoms with E-state index in [9.17, 15) is 9.59 Å². The molecule has 2 N–H and O–H groups in total. The number of amides is 2. The number of anilines is 2. The van der Waals surface area contributed by atoms with Crippen LogP contribution in [0.2, 0.25) is 5.02 Å². The number of carbonyl (C=O) groups excluding carboxylic acids is 2.